The van der Waals surface area contributed by atoms with Crippen molar-refractivity contribution in [3.05, 3.63) is 59.0 Å². The molecule has 0 aliphatic rings. The zero-order valence-electron chi connectivity index (χ0n) is 20.8. The molecule has 12 heteroatoms. The molecular weight excluding hydrogens is 490 g/mol. The van der Waals surface area contributed by atoms with Crippen molar-refractivity contribution in [3.8, 4) is 11.3 Å². The molecule has 0 aliphatic carbocycles. The maximum atomic E-state index is 14.3. The number of amides is 1. The summed E-state index contributed by atoms with van der Waals surface area (Å²) in [4.78, 5) is 15.8. The summed E-state index contributed by atoms with van der Waals surface area (Å²) in [5, 5.41) is 16.5. The minimum atomic E-state index is -3.19. The highest BCUT2D eigenvalue weighted by Crippen LogP contribution is 2.28. The second-order valence-corrected chi connectivity index (χ2v) is 10.9. The summed E-state index contributed by atoms with van der Waals surface area (Å²) < 4.78 is 51.3. The third-order valence-electron chi connectivity index (χ3n) is 5.69. The van der Waals surface area contributed by atoms with Crippen molar-refractivity contribution >= 4 is 15.7 Å². The van der Waals surface area contributed by atoms with Crippen molar-refractivity contribution in [2.24, 2.45) is 0 Å². The Bertz CT molecular complexity index is 1310. The number of benzene rings is 1. The molecule has 9 nitrogen and oxygen atoms in total. The molecule has 0 saturated carbocycles. The summed E-state index contributed by atoms with van der Waals surface area (Å²) in [6.45, 7) is 6.50. The highest BCUT2D eigenvalue weighted by atomic mass is 32.2. The van der Waals surface area contributed by atoms with Crippen LogP contribution in [0.15, 0.2) is 30.5 Å². The van der Waals surface area contributed by atoms with Crippen molar-refractivity contribution in [1.82, 2.24) is 30.1 Å². The number of rotatable bonds is 11. The molecule has 3 aromatic rings. The fraction of sp³-hybridized carbons (Fsp3) is 0.458. The first-order chi connectivity index (χ1) is 17.0. The van der Waals surface area contributed by atoms with Gasteiger partial charge in [-0.15, -0.1) is 5.10 Å². The summed E-state index contributed by atoms with van der Waals surface area (Å²) in [7, 11) is -3.19. The maximum absolute atomic E-state index is 14.3. The Kier molecular flexibility index (Phi) is 8.83. The van der Waals surface area contributed by atoms with Gasteiger partial charge in [0.25, 0.3) is 5.91 Å². The molecule has 2 heterocycles. The number of carbonyl (C=O) groups excluding carboxylic acids is 1. The fourth-order valence-corrected chi connectivity index (χ4v) is 4.37. The van der Waals surface area contributed by atoms with E-state index in [0.717, 1.165) is 18.2 Å². The van der Waals surface area contributed by atoms with Crippen molar-refractivity contribution < 1.29 is 22.0 Å². The topological polar surface area (TPSA) is 111 Å². The summed E-state index contributed by atoms with van der Waals surface area (Å²) >= 11 is 0. The first-order valence-corrected chi connectivity index (χ1v) is 13.8. The Morgan fingerprint density at radius 3 is 2.47 bits per heavy atom. The van der Waals surface area contributed by atoms with Gasteiger partial charge < -0.3 is 4.90 Å². The van der Waals surface area contributed by atoms with E-state index < -0.39 is 21.5 Å². The molecule has 1 atom stereocenters. The number of aromatic nitrogens is 5. The number of likely N-dealkylation sites (N-methyl/N-ethyl adjacent to an activating group) is 1. The van der Waals surface area contributed by atoms with Gasteiger partial charge in [-0.1, -0.05) is 26.3 Å². The van der Waals surface area contributed by atoms with Crippen molar-refractivity contribution in [2.75, 3.05) is 25.1 Å². The molecule has 0 N–H and O–H groups in total. The van der Waals surface area contributed by atoms with E-state index in [1.807, 2.05) is 20.8 Å². The molecule has 36 heavy (non-hydrogen) atoms. The number of hydrogen-bond acceptors (Lipinski definition) is 7. The Labute approximate surface area is 209 Å². The monoisotopic (exact) mass is 520 g/mol. The van der Waals surface area contributed by atoms with Crippen LogP contribution in [0.25, 0.3) is 11.3 Å². The standard InChI is InChI=1S/C24H30F2N6O3S/c1-5-8-17-13-20(22-18(25)9-7-10-19(22)26)28-29-23(17)16(3)15-31(6-2)24(33)21-14-27-32(30-21)11-12-36(4,34)35/h7,9-10,13-14,16H,5-6,8,11-12,15H2,1-4H3. The van der Waals surface area contributed by atoms with E-state index in [-0.39, 0.29) is 41.1 Å². The zero-order chi connectivity index (χ0) is 26.5. The number of aryl methyl sites for hydroxylation is 2. The second-order valence-electron chi connectivity index (χ2n) is 8.69. The normalized spacial score (nSPS) is 12.5. The quantitative estimate of drug-likeness (QED) is 0.382. The van der Waals surface area contributed by atoms with Gasteiger partial charge in [0.05, 0.1) is 35.4 Å². The predicted octanol–water partition coefficient (Wildman–Crippen LogP) is 3.28. The lowest BCUT2D eigenvalue weighted by atomic mass is 9.97. The number of hydrogen-bond donors (Lipinski definition) is 0. The van der Waals surface area contributed by atoms with E-state index in [0.29, 0.717) is 25.2 Å². The largest absolute Gasteiger partial charge is 0.337 e. The summed E-state index contributed by atoms with van der Waals surface area (Å²) in [5.41, 5.74) is 1.49. The zero-order valence-corrected chi connectivity index (χ0v) is 21.6. The third-order valence-corrected chi connectivity index (χ3v) is 6.62. The molecule has 194 valence electrons. The minimum absolute atomic E-state index is 0.0551. The Balaban J connectivity index is 1.81. The average Bonchev–Trinajstić information content (AvgIpc) is 3.30. The van der Waals surface area contributed by atoms with Crippen LogP contribution in [0.5, 0.6) is 0 Å². The van der Waals surface area contributed by atoms with Gasteiger partial charge in [0.1, 0.15) is 21.5 Å². The van der Waals surface area contributed by atoms with E-state index >= 15 is 0 Å². The molecule has 3 rings (SSSR count). The number of sulfone groups is 1. The predicted molar refractivity (Wildman–Crippen MR) is 131 cm³/mol. The fourth-order valence-electron chi connectivity index (χ4n) is 3.87. The third kappa shape index (κ3) is 6.68. The lowest BCUT2D eigenvalue weighted by Crippen LogP contribution is -2.35. The summed E-state index contributed by atoms with van der Waals surface area (Å²) in [5.74, 6) is -2.11. The van der Waals surface area contributed by atoms with Crippen LogP contribution in [0, 0.1) is 11.6 Å². The van der Waals surface area contributed by atoms with E-state index in [2.05, 4.69) is 20.4 Å². The first kappa shape index (κ1) is 27.3. The molecule has 0 aliphatic heterocycles. The van der Waals surface area contributed by atoms with Gasteiger partial charge in [0.15, 0.2) is 5.69 Å². The van der Waals surface area contributed by atoms with Crippen molar-refractivity contribution in [3.63, 3.8) is 0 Å². The van der Waals surface area contributed by atoms with Crippen LogP contribution in [0.1, 0.15) is 54.9 Å². The molecule has 1 aromatic carbocycles. The molecule has 0 radical (unpaired) electrons. The Morgan fingerprint density at radius 1 is 1.17 bits per heavy atom. The smallest absolute Gasteiger partial charge is 0.276 e. The van der Waals surface area contributed by atoms with Crippen LogP contribution >= 0.6 is 0 Å². The SMILES string of the molecule is CCCc1cc(-c2c(F)cccc2F)nnc1C(C)CN(CC)C(=O)c1cnn(CCS(C)(=O)=O)n1. The lowest BCUT2D eigenvalue weighted by Gasteiger charge is -2.24. The molecule has 0 bridgehead atoms. The van der Waals surface area contributed by atoms with Crippen LogP contribution < -0.4 is 0 Å². The van der Waals surface area contributed by atoms with Gasteiger partial charge in [0, 0.05) is 25.3 Å². The van der Waals surface area contributed by atoms with Crippen molar-refractivity contribution in [1.29, 1.82) is 0 Å². The second kappa shape index (κ2) is 11.6. The van der Waals surface area contributed by atoms with E-state index in [1.54, 1.807) is 11.0 Å². The molecule has 2 aromatic heterocycles. The van der Waals surface area contributed by atoms with Gasteiger partial charge in [-0.2, -0.15) is 20.1 Å². The Hall–Kier alpha value is -3.28. The van der Waals surface area contributed by atoms with Gasteiger partial charge in [-0.05, 0) is 37.1 Å². The highest BCUT2D eigenvalue weighted by molar-refractivity contribution is 7.90. The molecule has 0 spiro atoms. The van der Waals surface area contributed by atoms with Crippen molar-refractivity contribution in [2.45, 2.75) is 46.1 Å². The summed E-state index contributed by atoms with van der Waals surface area (Å²) in [6.07, 6.45) is 3.86. The number of nitrogens with zero attached hydrogens (tertiary/aromatic N) is 6. The molecule has 0 fully saturated rings. The van der Waals surface area contributed by atoms with Gasteiger partial charge in [-0.3, -0.25) is 4.79 Å². The van der Waals surface area contributed by atoms with E-state index in [9.17, 15) is 22.0 Å². The number of halogens is 2. The molecule has 1 unspecified atom stereocenters. The van der Waals surface area contributed by atoms with Crippen LogP contribution in [0.3, 0.4) is 0 Å². The van der Waals surface area contributed by atoms with E-state index in [4.69, 9.17) is 0 Å². The van der Waals surface area contributed by atoms with Gasteiger partial charge >= 0.3 is 0 Å². The molecular formula is C24H30F2N6O3S. The van der Waals surface area contributed by atoms with Crippen LogP contribution in [0.4, 0.5) is 8.78 Å². The number of carbonyl (C=O) groups is 1. The lowest BCUT2D eigenvalue weighted by molar-refractivity contribution is 0.0748. The van der Waals surface area contributed by atoms with Gasteiger partial charge in [0.2, 0.25) is 0 Å². The van der Waals surface area contributed by atoms with E-state index in [1.165, 1.54) is 29.2 Å². The van der Waals surface area contributed by atoms with Crippen LogP contribution in [-0.2, 0) is 22.8 Å². The summed E-state index contributed by atoms with van der Waals surface area (Å²) in [6, 6.07) is 5.32. The van der Waals surface area contributed by atoms with Crippen LogP contribution in [0.2, 0.25) is 0 Å². The Morgan fingerprint density at radius 2 is 1.86 bits per heavy atom. The molecule has 0 saturated heterocycles. The van der Waals surface area contributed by atoms with Gasteiger partial charge in [-0.25, -0.2) is 17.2 Å². The minimum Gasteiger partial charge on any atom is -0.337 e. The van der Waals surface area contributed by atoms with Crippen LogP contribution in [-0.4, -0.2) is 69.5 Å². The average molecular weight is 521 g/mol. The highest BCUT2D eigenvalue weighted by Gasteiger charge is 2.24. The molecule has 1 amide bonds. The maximum Gasteiger partial charge on any atom is 0.276 e. The first-order valence-electron chi connectivity index (χ1n) is 11.7.